The largest absolute Gasteiger partial charge is 0.400 e. The van der Waals surface area contributed by atoms with Gasteiger partial charge >= 0.3 is 0 Å². The lowest BCUT2D eigenvalue weighted by Crippen LogP contribution is -2.19. The number of aliphatic hydroxyl groups is 1. The highest BCUT2D eigenvalue weighted by molar-refractivity contribution is 4.67. The van der Waals surface area contributed by atoms with Crippen molar-refractivity contribution in [3.63, 3.8) is 0 Å². The maximum atomic E-state index is 7.00. The molecule has 10 heavy (non-hydrogen) atoms. The van der Waals surface area contributed by atoms with E-state index in [-0.39, 0.29) is 6.23 Å². The third kappa shape index (κ3) is 3.15. The van der Waals surface area contributed by atoms with E-state index in [1.165, 1.54) is 0 Å². The molecule has 1 heterocycles. The van der Waals surface area contributed by atoms with E-state index >= 15 is 0 Å². The Morgan fingerprint density at radius 1 is 1.50 bits per heavy atom. The van der Waals surface area contributed by atoms with Crippen LogP contribution in [0.1, 0.15) is 26.2 Å². The van der Waals surface area contributed by atoms with Gasteiger partial charge in [0.1, 0.15) is 6.23 Å². The van der Waals surface area contributed by atoms with E-state index in [9.17, 15) is 0 Å². The first-order valence-corrected chi connectivity index (χ1v) is 3.68. The smallest absolute Gasteiger partial charge is 0.106 e. The maximum Gasteiger partial charge on any atom is 0.106 e. The van der Waals surface area contributed by atoms with Gasteiger partial charge in [-0.3, -0.25) is 0 Å². The van der Waals surface area contributed by atoms with E-state index in [4.69, 9.17) is 15.6 Å². The summed E-state index contributed by atoms with van der Waals surface area (Å²) in [5.74, 6) is 0. The highest BCUT2D eigenvalue weighted by Crippen LogP contribution is 2.17. The minimum absolute atomic E-state index is 0.0277. The van der Waals surface area contributed by atoms with Crippen LogP contribution in [0.5, 0.6) is 0 Å². The average molecular weight is 147 g/mol. The van der Waals surface area contributed by atoms with Gasteiger partial charge in [0.2, 0.25) is 0 Å². The maximum absolute atomic E-state index is 7.00. The van der Waals surface area contributed by atoms with Crippen molar-refractivity contribution in [2.24, 2.45) is 5.73 Å². The molecule has 0 aromatic carbocycles. The summed E-state index contributed by atoms with van der Waals surface area (Å²) in [4.78, 5) is 0. The molecular weight excluding hydrogens is 130 g/mol. The molecule has 1 saturated heterocycles. The third-order valence-corrected chi connectivity index (χ3v) is 1.60. The molecule has 1 aliphatic heterocycles. The number of aliphatic hydroxyl groups excluding tert-OH is 1. The standard InChI is InChI=1S/C6H13NO.CH4O/c1-2-5-3-4-6(7)8-5;1-2/h5-6H,2-4,7H2,1H3;2H,1H3. The minimum Gasteiger partial charge on any atom is -0.400 e. The molecule has 2 atom stereocenters. The summed E-state index contributed by atoms with van der Waals surface area (Å²) in [6.07, 6.45) is 3.77. The van der Waals surface area contributed by atoms with Gasteiger partial charge in [-0.05, 0) is 19.3 Å². The second-order valence-corrected chi connectivity index (χ2v) is 2.28. The molecular formula is C7H17NO2. The van der Waals surface area contributed by atoms with Crippen LogP contribution >= 0.6 is 0 Å². The van der Waals surface area contributed by atoms with Gasteiger partial charge < -0.3 is 15.6 Å². The lowest BCUT2D eigenvalue weighted by molar-refractivity contribution is 0.0473. The molecule has 1 aliphatic rings. The Balaban J connectivity index is 0.000000371. The molecule has 3 heteroatoms. The highest BCUT2D eigenvalue weighted by Gasteiger charge is 2.19. The van der Waals surface area contributed by atoms with Crippen LogP contribution in [0.4, 0.5) is 0 Å². The fourth-order valence-electron chi connectivity index (χ4n) is 1.03. The van der Waals surface area contributed by atoms with Gasteiger partial charge in [-0.15, -0.1) is 0 Å². The number of rotatable bonds is 1. The molecule has 0 saturated carbocycles. The van der Waals surface area contributed by atoms with Crippen LogP contribution in [-0.4, -0.2) is 24.5 Å². The van der Waals surface area contributed by atoms with Gasteiger partial charge in [0.05, 0.1) is 6.10 Å². The molecule has 1 rings (SSSR count). The Morgan fingerprint density at radius 3 is 2.30 bits per heavy atom. The topological polar surface area (TPSA) is 55.5 Å². The molecule has 0 amide bonds. The van der Waals surface area contributed by atoms with Crippen LogP contribution in [0.25, 0.3) is 0 Å². The van der Waals surface area contributed by atoms with Crippen LogP contribution in [0, 0.1) is 0 Å². The summed E-state index contributed by atoms with van der Waals surface area (Å²) in [5.41, 5.74) is 5.48. The number of hydrogen-bond donors (Lipinski definition) is 2. The molecule has 0 aromatic rings. The number of ether oxygens (including phenoxy) is 1. The third-order valence-electron chi connectivity index (χ3n) is 1.60. The van der Waals surface area contributed by atoms with Crippen LogP contribution < -0.4 is 5.73 Å². The van der Waals surface area contributed by atoms with Gasteiger partial charge in [-0.2, -0.15) is 0 Å². The molecule has 62 valence electrons. The SMILES string of the molecule is CCC1CCC(N)O1.CO. The van der Waals surface area contributed by atoms with Crippen LogP contribution in [-0.2, 0) is 4.74 Å². The summed E-state index contributed by atoms with van der Waals surface area (Å²) in [5, 5.41) is 7.00. The van der Waals surface area contributed by atoms with Gasteiger partial charge in [-0.1, -0.05) is 6.92 Å². The summed E-state index contributed by atoms with van der Waals surface area (Å²) in [6.45, 7) is 2.13. The monoisotopic (exact) mass is 147 g/mol. The van der Waals surface area contributed by atoms with Crippen molar-refractivity contribution in [3.8, 4) is 0 Å². The van der Waals surface area contributed by atoms with Crippen LogP contribution in [0.15, 0.2) is 0 Å². The van der Waals surface area contributed by atoms with E-state index in [0.717, 1.165) is 26.4 Å². The summed E-state index contributed by atoms with van der Waals surface area (Å²) < 4.78 is 5.29. The zero-order chi connectivity index (χ0) is 7.98. The molecule has 1 fully saturated rings. The van der Waals surface area contributed by atoms with Crippen LogP contribution in [0.2, 0.25) is 0 Å². The predicted octanol–water partition coefficient (Wildman–Crippen LogP) is 0.469. The lowest BCUT2D eigenvalue weighted by Gasteiger charge is -2.05. The Bertz CT molecular complexity index is 78.0. The minimum atomic E-state index is 0.0277. The summed E-state index contributed by atoms with van der Waals surface area (Å²) in [7, 11) is 1.00. The van der Waals surface area contributed by atoms with E-state index in [1.807, 2.05) is 0 Å². The van der Waals surface area contributed by atoms with Gasteiger partial charge in [0.15, 0.2) is 0 Å². The molecule has 0 aliphatic carbocycles. The fraction of sp³-hybridized carbons (Fsp3) is 1.00. The van der Waals surface area contributed by atoms with Crippen molar-refractivity contribution in [2.45, 2.75) is 38.5 Å². The molecule has 3 nitrogen and oxygen atoms in total. The molecule has 0 spiro atoms. The number of hydrogen-bond acceptors (Lipinski definition) is 3. The van der Waals surface area contributed by atoms with Gasteiger partial charge in [0.25, 0.3) is 0 Å². The first-order valence-electron chi connectivity index (χ1n) is 3.68. The summed E-state index contributed by atoms with van der Waals surface area (Å²) >= 11 is 0. The summed E-state index contributed by atoms with van der Waals surface area (Å²) in [6, 6.07) is 0. The zero-order valence-corrected chi connectivity index (χ0v) is 6.71. The van der Waals surface area contributed by atoms with E-state index in [0.29, 0.717) is 6.10 Å². The highest BCUT2D eigenvalue weighted by atomic mass is 16.5. The van der Waals surface area contributed by atoms with Gasteiger partial charge in [-0.25, -0.2) is 0 Å². The Kier molecular flexibility index (Phi) is 5.58. The van der Waals surface area contributed by atoms with E-state index < -0.39 is 0 Å². The molecule has 2 unspecified atom stereocenters. The van der Waals surface area contributed by atoms with Crippen molar-refractivity contribution in [2.75, 3.05) is 7.11 Å². The fourth-order valence-corrected chi connectivity index (χ4v) is 1.03. The van der Waals surface area contributed by atoms with Crippen LogP contribution in [0.3, 0.4) is 0 Å². The first-order chi connectivity index (χ1) is 4.83. The van der Waals surface area contributed by atoms with Crippen molar-refractivity contribution < 1.29 is 9.84 Å². The van der Waals surface area contributed by atoms with E-state index in [1.54, 1.807) is 0 Å². The number of nitrogens with two attached hydrogens (primary N) is 1. The Labute approximate surface area is 62.2 Å². The first kappa shape index (κ1) is 9.88. The van der Waals surface area contributed by atoms with Crippen molar-refractivity contribution in [3.05, 3.63) is 0 Å². The van der Waals surface area contributed by atoms with Crippen molar-refractivity contribution in [1.29, 1.82) is 0 Å². The second-order valence-electron chi connectivity index (χ2n) is 2.28. The lowest BCUT2D eigenvalue weighted by atomic mass is 10.2. The van der Waals surface area contributed by atoms with Crippen molar-refractivity contribution in [1.82, 2.24) is 0 Å². The second kappa shape index (κ2) is 5.65. The normalized spacial score (nSPS) is 31.2. The van der Waals surface area contributed by atoms with Crippen molar-refractivity contribution >= 4 is 0 Å². The van der Waals surface area contributed by atoms with Gasteiger partial charge in [0, 0.05) is 7.11 Å². The Hall–Kier alpha value is -0.120. The zero-order valence-electron chi connectivity index (χ0n) is 6.71. The van der Waals surface area contributed by atoms with E-state index in [2.05, 4.69) is 6.92 Å². The quantitative estimate of drug-likeness (QED) is 0.567. The predicted molar refractivity (Wildman–Crippen MR) is 40.5 cm³/mol. The molecule has 0 aromatic heterocycles. The Morgan fingerprint density at radius 2 is 2.10 bits per heavy atom. The average Bonchev–Trinajstić information content (AvgIpc) is 2.40. The molecule has 0 radical (unpaired) electrons. The molecule has 3 N–H and O–H groups in total. The molecule has 0 bridgehead atoms.